The first kappa shape index (κ1) is 8.53. The average molecular weight is 197 g/mol. The van der Waals surface area contributed by atoms with Gasteiger partial charge < -0.3 is 5.11 Å². The van der Waals surface area contributed by atoms with Gasteiger partial charge in [-0.2, -0.15) is 0 Å². The van der Waals surface area contributed by atoms with Crippen LogP contribution in [0.4, 0.5) is 0 Å². The summed E-state index contributed by atoms with van der Waals surface area (Å²) in [6.45, 7) is 1.82. The van der Waals surface area contributed by atoms with Crippen molar-refractivity contribution in [1.82, 2.24) is 9.38 Å². The number of aliphatic hydroxyl groups is 1. The first-order valence-electron chi connectivity index (χ1n) is 3.97. The molecule has 0 atom stereocenters. The van der Waals surface area contributed by atoms with E-state index in [1.165, 1.54) is 0 Å². The molecule has 2 rings (SSSR count). The molecule has 0 aliphatic carbocycles. The van der Waals surface area contributed by atoms with Crippen molar-refractivity contribution in [1.29, 1.82) is 0 Å². The van der Waals surface area contributed by atoms with Crippen molar-refractivity contribution >= 4 is 17.2 Å². The van der Waals surface area contributed by atoms with Crippen LogP contribution in [-0.4, -0.2) is 14.5 Å². The summed E-state index contributed by atoms with van der Waals surface area (Å²) in [5, 5.41) is 9.45. The van der Waals surface area contributed by atoms with Crippen LogP contribution in [0.2, 0.25) is 5.15 Å². The molecule has 0 bridgehead atoms. The summed E-state index contributed by atoms with van der Waals surface area (Å²) in [7, 11) is 0. The molecule has 13 heavy (non-hydrogen) atoms. The summed E-state index contributed by atoms with van der Waals surface area (Å²) in [6.07, 6.45) is 0. The minimum absolute atomic E-state index is 0.125. The molecule has 1 N–H and O–H groups in total. The molecule has 0 aromatic carbocycles. The van der Waals surface area contributed by atoms with Gasteiger partial charge in [0, 0.05) is 5.69 Å². The van der Waals surface area contributed by atoms with Crippen LogP contribution in [0.5, 0.6) is 0 Å². The lowest BCUT2D eigenvalue weighted by Gasteiger charge is -1.98. The molecule has 0 saturated carbocycles. The van der Waals surface area contributed by atoms with Crippen LogP contribution < -0.4 is 0 Å². The van der Waals surface area contributed by atoms with E-state index in [0.717, 1.165) is 11.3 Å². The third kappa shape index (κ3) is 1.20. The second kappa shape index (κ2) is 3.01. The van der Waals surface area contributed by atoms with E-state index in [4.69, 9.17) is 16.7 Å². The van der Waals surface area contributed by atoms with Gasteiger partial charge in [0.2, 0.25) is 0 Å². The lowest BCUT2D eigenvalue weighted by Crippen LogP contribution is -1.89. The number of aryl methyl sites for hydroxylation is 1. The second-order valence-corrected chi connectivity index (χ2v) is 3.23. The fraction of sp³-hybridized carbons (Fsp3) is 0.222. The Morgan fingerprint density at radius 2 is 2.31 bits per heavy atom. The Hall–Kier alpha value is -1.06. The van der Waals surface area contributed by atoms with E-state index in [2.05, 4.69) is 4.98 Å². The smallest absolute Gasteiger partial charge is 0.139 e. The number of aliphatic hydroxyl groups excluding tert-OH is 1. The molecule has 0 aliphatic rings. The van der Waals surface area contributed by atoms with E-state index in [1.807, 2.05) is 29.5 Å². The molecule has 3 nitrogen and oxygen atoms in total. The van der Waals surface area contributed by atoms with Crippen LogP contribution in [-0.2, 0) is 6.61 Å². The average Bonchev–Trinajstić information content (AvgIpc) is 2.44. The van der Waals surface area contributed by atoms with Crippen LogP contribution in [0, 0.1) is 6.92 Å². The monoisotopic (exact) mass is 196 g/mol. The number of rotatable bonds is 1. The third-order valence-electron chi connectivity index (χ3n) is 2.00. The Kier molecular flexibility index (Phi) is 1.98. The molecule has 0 aliphatic heterocycles. The normalized spacial score (nSPS) is 11.0. The highest BCUT2D eigenvalue weighted by atomic mass is 35.5. The minimum atomic E-state index is -0.125. The number of aromatic nitrogens is 2. The minimum Gasteiger partial charge on any atom is -0.390 e. The maximum absolute atomic E-state index is 8.95. The largest absolute Gasteiger partial charge is 0.390 e. The lowest BCUT2D eigenvalue weighted by molar-refractivity contribution is 0.277. The quantitative estimate of drug-likeness (QED) is 0.755. The summed E-state index contributed by atoms with van der Waals surface area (Å²) >= 11 is 6.00. The molecule has 0 radical (unpaired) electrons. The number of hydrogen-bond acceptors (Lipinski definition) is 2. The second-order valence-electron chi connectivity index (χ2n) is 2.87. The summed E-state index contributed by atoms with van der Waals surface area (Å²) in [6, 6.07) is 5.72. The van der Waals surface area contributed by atoms with E-state index in [1.54, 1.807) is 0 Å². The predicted octanol–water partition coefficient (Wildman–Crippen LogP) is 1.79. The Balaban J connectivity index is 2.85. The first-order valence-corrected chi connectivity index (χ1v) is 4.35. The molecule has 2 aromatic rings. The maximum atomic E-state index is 8.95. The zero-order valence-corrected chi connectivity index (χ0v) is 7.91. The van der Waals surface area contributed by atoms with Gasteiger partial charge in [-0.3, -0.25) is 4.40 Å². The van der Waals surface area contributed by atoms with Crippen LogP contribution >= 0.6 is 11.6 Å². The predicted molar refractivity (Wildman–Crippen MR) is 50.9 cm³/mol. The number of pyridine rings is 1. The van der Waals surface area contributed by atoms with Crippen LogP contribution in [0.3, 0.4) is 0 Å². The van der Waals surface area contributed by atoms with Gasteiger partial charge in [-0.1, -0.05) is 17.7 Å². The van der Waals surface area contributed by atoms with Crippen molar-refractivity contribution in [2.45, 2.75) is 13.5 Å². The van der Waals surface area contributed by atoms with Crippen molar-refractivity contribution in [2.24, 2.45) is 0 Å². The lowest BCUT2D eigenvalue weighted by atomic mass is 10.4. The van der Waals surface area contributed by atoms with Gasteiger partial charge >= 0.3 is 0 Å². The van der Waals surface area contributed by atoms with Gasteiger partial charge in [-0.05, 0) is 19.1 Å². The van der Waals surface area contributed by atoms with Crippen LogP contribution in [0.15, 0.2) is 18.2 Å². The maximum Gasteiger partial charge on any atom is 0.139 e. The first-order chi connectivity index (χ1) is 6.24. The molecule has 2 heterocycles. The molecule has 0 amide bonds. The number of halogens is 1. The molecule has 4 heteroatoms. The highest BCUT2D eigenvalue weighted by molar-refractivity contribution is 6.30. The van der Waals surface area contributed by atoms with Gasteiger partial charge in [-0.25, -0.2) is 4.98 Å². The zero-order chi connectivity index (χ0) is 9.42. The fourth-order valence-corrected chi connectivity index (χ4v) is 1.68. The van der Waals surface area contributed by atoms with E-state index < -0.39 is 0 Å². The van der Waals surface area contributed by atoms with Gasteiger partial charge in [-0.15, -0.1) is 0 Å². The van der Waals surface area contributed by atoms with Crippen molar-refractivity contribution in [3.05, 3.63) is 34.7 Å². The Morgan fingerprint density at radius 1 is 1.54 bits per heavy atom. The summed E-state index contributed by atoms with van der Waals surface area (Å²) < 4.78 is 1.81. The summed E-state index contributed by atoms with van der Waals surface area (Å²) in [5.74, 6) is 0. The molecule has 0 fully saturated rings. The topological polar surface area (TPSA) is 37.5 Å². The number of fused-ring (bicyclic) bond motifs is 1. The number of nitrogens with zero attached hydrogens (tertiary/aromatic N) is 2. The fourth-order valence-electron chi connectivity index (χ4n) is 1.36. The van der Waals surface area contributed by atoms with Crippen LogP contribution in [0.25, 0.3) is 5.65 Å². The van der Waals surface area contributed by atoms with Gasteiger partial charge in [0.25, 0.3) is 0 Å². The van der Waals surface area contributed by atoms with Crippen molar-refractivity contribution in [2.75, 3.05) is 0 Å². The third-order valence-corrected chi connectivity index (χ3v) is 2.39. The van der Waals surface area contributed by atoms with Gasteiger partial charge in [0.05, 0.1) is 6.61 Å². The molecular formula is C9H9ClN2O. The molecule has 2 aromatic heterocycles. The van der Waals surface area contributed by atoms with E-state index in [9.17, 15) is 0 Å². The van der Waals surface area contributed by atoms with Gasteiger partial charge in [0.15, 0.2) is 0 Å². The Labute approximate surface area is 80.6 Å². The van der Waals surface area contributed by atoms with Crippen LogP contribution in [0.1, 0.15) is 11.4 Å². The zero-order valence-electron chi connectivity index (χ0n) is 7.16. The number of hydrogen-bond donors (Lipinski definition) is 1. The van der Waals surface area contributed by atoms with E-state index in [0.29, 0.717) is 10.8 Å². The summed E-state index contributed by atoms with van der Waals surface area (Å²) in [4.78, 5) is 4.17. The molecule has 0 unspecified atom stereocenters. The van der Waals surface area contributed by atoms with E-state index in [-0.39, 0.29) is 6.61 Å². The van der Waals surface area contributed by atoms with Crippen molar-refractivity contribution in [3.8, 4) is 0 Å². The highest BCUT2D eigenvalue weighted by Gasteiger charge is 2.09. The Bertz CT molecular complexity index is 450. The van der Waals surface area contributed by atoms with Crippen molar-refractivity contribution in [3.63, 3.8) is 0 Å². The Morgan fingerprint density at radius 3 is 2.92 bits per heavy atom. The SMILES string of the molecule is Cc1cccc2nc(CO)c(Cl)n12. The summed E-state index contributed by atoms with van der Waals surface area (Å²) in [5.41, 5.74) is 2.31. The number of imidazole rings is 1. The molecule has 68 valence electrons. The molecule has 0 saturated heterocycles. The highest BCUT2D eigenvalue weighted by Crippen LogP contribution is 2.19. The molecular weight excluding hydrogens is 188 g/mol. The van der Waals surface area contributed by atoms with Gasteiger partial charge in [0.1, 0.15) is 16.5 Å². The van der Waals surface area contributed by atoms with Crippen molar-refractivity contribution < 1.29 is 5.11 Å². The molecule has 0 spiro atoms. The van der Waals surface area contributed by atoms with E-state index >= 15 is 0 Å². The standard InChI is InChI=1S/C9H9ClN2O/c1-6-3-2-4-8-11-7(5-13)9(10)12(6)8/h2-4,13H,5H2,1H3.